The molecule has 0 aromatic carbocycles. The molecule has 1 atom stereocenters. The molecule has 0 saturated carbocycles. The summed E-state index contributed by atoms with van der Waals surface area (Å²) in [5.41, 5.74) is 0. The minimum Gasteiger partial charge on any atom is -0.350 e. The highest BCUT2D eigenvalue weighted by Crippen LogP contribution is 2.05. The van der Waals surface area contributed by atoms with Crippen molar-refractivity contribution in [3.63, 3.8) is 0 Å². The number of nitrogens with one attached hydrogen (secondary N) is 2. The molecule has 70 valence electrons. The van der Waals surface area contributed by atoms with Crippen LogP contribution < -0.4 is 10.6 Å². The molecule has 5 heteroatoms. The van der Waals surface area contributed by atoms with E-state index in [2.05, 4.69) is 20.6 Å². The zero-order chi connectivity index (χ0) is 9.10. The molecule has 2 heterocycles. The Kier molecular flexibility index (Phi) is 2.35. The summed E-state index contributed by atoms with van der Waals surface area (Å²) in [6, 6.07) is 0.366. The van der Waals surface area contributed by atoms with Crippen LogP contribution in [0.2, 0.25) is 0 Å². The molecule has 1 aliphatic heterocycles. The number of aromatic nitrogens is 2. The summed E-state index contributed by atoms with van der Waals surface area (Å²) in [4.78, 5) is 7.63. The maximum absolute atomic E-state index is 12.4. The molecule has 2 N–H and O–H groups in total. The van der Waals surface area contributed by atoms with E-state index in [0.29, 0.717) is 12.0 Å². The van der Waals surface area contributed by atoms with E-state index in [0.717, 1.165) is 31.9 Å². The van der Waals surface area contributed by atoms with Gasteiger partial charge in [-0.2, -0.15) is 0 Å². The van der Waals surface area contributed by atoms with Gasteiger partial charge in [-0.1, -0.05) is 0 Å². The van der Waals surface area contributed by atoms with Gasteiger partial charge in [-0.05, 0) is 13.0 Å². The van der Waals surface area contributed by atoms with Crippen LogP contribution in [0, 0.1) is 5.82 Å². The van der Waals surface area contributed by atoms with Crippen LogP contribution in [0.5, 0.6) is 0 Å². The van der Waals surface area contributed by atoms with Crippen LogP contribution in [0.15, 0.2) is 12.4 Å². The summed E-state index contributed by atoms with van der Waals surface area (Å²) in [7, 11) is 0. The molecule has 1 aromatic rings. The van der Waals surface area contributed by atoms with Crippen LogP contribution in [0.3, 0.4) is 0 Å². The molecule has 1 unspecified atom stereocenters. The summed E-state index contributed by atoms with van der Waals surface area (Å²) >= 11 is 0. The molecule has 1 saturated heterocycles. The third-order valence-corrected chi connectivity index (χ3v) is 2.01. The largest absolute Gasteiger partial charge is 0.350 e. The lowest BCUT2D eigenvalue weighted by Gasteiger charge is -2.09. The lowest BCUT2D eigenvalue weighted by molar-refractivity contribution is 0.613. The Morgan fingerprint density at radius 1 is 1.46 bits per heavy atom. The summed E-state index contributed by atoms with van der Waals surface area (Å²) in [5.74, 6) is 0.0881. The third kappa shape index (κ3) is 2.12. The molecule has 1 aromatic heterocycles. The van der Waals surface area contributed by atoms with Crippen molar-refractivity contribution in [1.82, 2.24) is 15.3 Å². The number of hydrogen-bond acceptors (Lipinski definition) is 4. The van der Waals surface area contributed by atoms with Gasteiger partial charge in [-0.3, -0.25) is 0 Å². The highest BCUT2D eigenvalue weighted by atomic mass is 19.1. The fourth-order valence-corrected chi connectivity index (χ4v) is 1.35. The lowest BCUT2D eigenvalue weighted by atomic mass is 10.3. The topological polar surface area (TPSA) is 49.8 Å². The van der Waals surface area contributed by atoms with E-state index in [1.807, 2.05) is 0 Å². The number of halogens is 1. The molecule has 1 aliphatic rings. The molecular weight excluding hydrogens is 171 g/mol. The average Bonchev–Trinajstić information content (AvgIpc) is 2.62. The van der Waals surface area contributed by atoms with Gasteiger partial charge < -0.3 is 10.6 Å². The second-order valence-corrected chi connectivity index (χ2v) is 3.06. The van der Waals surface area contributed by atoms with Crippen LogP contribution >= 0.6 is 0 Å². The Morgan fingerprint density at radius 3 is 2.85 bits per heavy atom. The quantitative estimate of drug-likeness (QED) is 0.694. The first-order valence-corrected chi connectivity index (χ1v) is 4.29. The number of rotatable bonds is 2. The van der Waals surface area contributed by atoms with Crippen molar-refractivity contribution in [2.75, 3.05) is 18.4 Å². The van der Waals surface area contributed by atoms with E-state index in [4.69, 9.17) is 0 Å². The van der Waals surface area contributed by atoms with Gasteiger partial charge >= 0.3 is 0 Å². The molecule has 0 aliphatic carbocycles. The second kappa shape index (κ2) is 3.66. The Bertz CT molecular complexity index is 268. The molecule has 2 rings (SSSR count). The van der Waals surface area contributed by atoms with E-state index in [1.54, 1.807) is 0 Å². The van der Waals surface area contributed by atoms with E-state index in [1.165, 1.54) is 0 Å². The first-order chi connectivity index (χ1) is 6.34. The fourth-order valence-electron chi connectivity index (χ4n) is 1.35. The first kappa shape index (κ1) is 8.37. The van der Waals surface area contributed by atoms with E-state index in [9.17, 15) is 4.39 Å². The van der Waals surface area contributed by atoms with Crippen molar-refractivity contribution in [2.45, 2.75) is 12.5 Å². The van der Waals surface area contributed by atoms with E-state index >= 15 is 0 Å². The van der Waals surface area contributed by atoms with Gasteiger partial charge in [0.2, 0.25) is 5.95 Å². The molecule has 1 fully saturated rings. The number of nitrogens with zero attached hydrogens (tertiary/aromatic N) is 2. The molecule has 13 heavy (non-hydrogen) atoms. The maximum Gasteiger partial charge on any atom is 0.223 e. The summed E-state index contributed by atoms with van der Waals surface area (Å²) in [5, 5.41) is 6.33. The van der Waals surface area contributed by atoms with Crippen LogP contribution in [0.1, 0.15) is 6.42 Å². The zero-order valence-corrected chi connectivity index (χ0v) is 7.13. The Hall–Kier alpha value is -1.23. The molecule has 0 radical (unpaired) electrons. The Morgan fingerprint density at radius 2 is 2.23 bits per heavy atom. The monoisotopic (exact) mass is 182 g/mol. The van der Waals surface area contributed by atoms with Gasteiger partial charge in [0, 0.05) is 12.6 Å². The first-order valence-electron chi connectivity index (χ1n) is 4.29. The van der Waals surface area contributed by atoms with Crippen LogP contribution in [0.4, 0.5) is 10.3 Å². The Balaban J connectivity index is 1.97. The van der Waals surface area contributed by atoms with Gasteiger partial charge in [-0.25, -0.2) is 14.4 Å². The van der Waals surface area contributed by atoms with Crippen molar-refractivity contribution >= 4 is 5.95 Å². The minimum absolute atomic E-state index is 0.366. The number of anilines is 1. The average molecular weight is 182 g/mol. The van der Waals surface area contributed by atoms with Crippen LogP contribution in [0.25, 0.3) is 0 Å². The molecule has 0 bridgehead atoms. The fraction of sp³-hybridized carbons (Fsp3) is 0.500. The van der Waals surface area contributed by atoms with Crippen molar-refractivity contribution in [2.24, 2.45) is 0 Å². The van der Waals surface area contributed by atoms with Gasteiger partial charge in [0.15, 0.2) is 5.82 Å². The van der Waals surface area contributed by atoms with Crippen LogP contribution in [-0.2, 0) is 0 Å². The predicted octanol–water partition coefficient (Wildman–Crippen LogP) is 0.389. The zero-order valence-electron chi connectivity index (χ0n) is 7.13. The van der Waals surface area contributed by atoms with Gasteiger partial charge in [0.25, 0.3) is 0 Å². The second-order valence-electron chi connectivity index (χ2n) is 3.06. The van der Waals surface area contributed by atoms with Gasteiger partial charge in [0.1, 0.15) is 0 Å². The standard InChI is InChI=1S/C8H11FN4/c9-6-3-11-8(12-4-6)13-7-1-2-10-5-7/h3-4,7,10H,1-2,5H2,(H,11,12,13). The summed E-state index contributed by atoms with van der Waals surface area (Å²) in [6.45, 7) is 1.93. The lowest BCUT2D eigenvalue weighted by Crippen LogP contribution is -2.23. The molecular formula is C8H11FN4. The molecule has 0 spiro atoms. The van der Waals surface area contributed by atoms with Crippen molar-refractivity contribution in [1.29, 1.82) is 0 Å². The van der Waals surface area contributed by atoms with E-state index < -0.39 is 5.82 Å². The predicted molar refractivity (Wildman–Crippen MR) is 46.9 cm³/mol. The molecule has 0 amide bonds. The maximum atomic E-state index is 12.4. The number of hydrogen-bond donors (Lipinski definition) is 2. The van der Waals surface area contributed by atoms with E-state index in [-0.39, 0.29) is 0 Å². The third-order valence-electron chi connectivity index (χ3n) is 2.01. The van der Waals surface area contributed by atoms with Gasteiger partial charge in [0.05, 0.1) is 12.4 Å². The normalized spacial score (nSPS) is 21.8. The van der Waals surface area contributed by atoms with Crippen molar-refractivity contribution in [3.05, 3.63) is 18.2 Å². The highest BCUT2D eigenvalue weighted by Gasteiger charge is 2.14. The molecule has 4 nitrogen and oxygen atoms in total. The van der Waals surface area contributed by atoms with Crippen LogP contribution in [-0.4, -0.2) is 29.1 Å². The van der Waals surface area contributed by atoms with Gasteiger partial charge in [-0.15, -0.1) is 0 Å². The summed E-state index contributed by atoms with van der Waals surface area (Å²) in [6.07, 6.45) is 3.39. The smallest absolute Gasteiger partial charge is 0.223 e. The van der Waals surface area contributed by atoms with Crippen molar-refractivity contribution < 1.29 is 4.39 Å². The van der Waals surface area contributed by atoms with Crippen molar-refractivity contribution in [3.8, 4) is 0 Å². The highest BCUT2D eigenvalue weighted by molar-refractivity contribution is 5.25. The SMILES string of the molecule is Fc1cnc(NC2CCNC2)nc1. The Labute approximate surface area is 75.6 Å². The summed E-state index contributed by atoms with van der Waals surface area (Å²) < 4.78 is 12.4. The minimum atomic E-state index is -0.407.